The van der Waals surface area contributed by atoms with Crippen LogP contribution in [0.4, 0.5) is 0 Å². The number of rotatable bonds is 3. The van der Waals surface area contributed by atoms with Crippen LogP contribution in [0.25, 0.3) is 0 Å². The van der Waals surface area contributed by atoms with Gasteiger partial charge in [0.15, 0.2) is 6.29 Å². The number of epoxide rings is 1. The van der Waals surface area contributed by atoms with Gasteiger partial charge in [0.05, 0.1) is 6.61 Å². The van der Waals surface area contributed by atoms with Gasteiger partial charge in [-0.1, -0.05) is 12.2 Å². The fourth-order valence-electron chi connectivity index (χ4n) is 2.45. The van der Waals surface area contributed by atoms with Gasteiger partial charge in [-0.3, -0.25) is 0 Å². The zero-order valence-corrected chi connectivity index (χ0v) is 7.11. The minimum atomic E-state index is 0.146. The Morgan fingerprint density at radius 3 is 2.83 bits per heavy atom. The molecule has 1 aliphatic heterocycles. The quantitative estimate of drug-likeness (QED) is 0.469. The van der Waals surface area contributed by atoms with Crippen LogP contribution in [-0.2, 0) is 9.47 Å². The summed E-state index contributed by atoms with van der Waals surface area (Å²) in [7, 11) is 0. The minimum Gasteiger partial charge on any atom is -0.350 e. The van der Waals surface area contributed by atoms with Crippen LogP contribution in [0.15, 0.2) is 12.2 Å². The Morgan fingerprint density at radius 2 is 2.25 bits per heavy atom. The first-order valence-electron chi connectivity index (χ1n) is 4.83. The van der Waals surface area contributed by atoms with Crippen LogP contribution in [0.2, 0.25) is 0 Å². The molecule has 2 fully saturated rings. The summed E-state index contributed by atoms with van der Waals surface area (Å²) < 4.78 is 10.5. The highest BCUT2D eigenvalue weighted by atomic mass is 16.8. The van der Waals surface area contributed by atoms with Gasteiger partial charge in [0.25, 0.3) is 0 Å². The summed E-state index contributed by atoms with van der Waals surface area (Å²) in [5.41, 5.74) is 0. The van der Waals surface area contributed by atoms with Crippen molar-refractivity contribution in [3.63, 3.8) is 0 Å². The van der Waals surface area contributed by atoms with Gasteiger partial charge in [-0.15, -0.1) is 0 Å². The van der Waals surface area contributed by atoms with Crippen molar-refractivity contribution >= 4 is 0 Å². The summed E-state index contributed by atoms with van der Waals surface area (Å²) in [5.74, 6) is 2.46. The predicted octanol–water partition coefficient (Wildman–Crippen LogP) is 1.57. The van der Waals surface area contributed by atoms with E-state index in [2.05, 4.69) is 12.2 Å². The lowest BCUT2D eigenvalue weighted by atomic mass is 9.95. The van der Waals surface area contributed by atoms with Crippen LogP contribution < -0.4 is 0 Å². The second-order valence-electron chi connectivity index (χ2n) is 4.14. The van der Waals surface area contributed by atoms with Crippen molar-refractivity contribution in [3.8, 4) is 0 Å². The second kappa shape index (κ2) is 2.57. The zero-order chi connectivity index (χ0) is 7.97. The average Bonchev–Trinajstić information content (AvgIpc) is 2.69. The van der Waals surface area contributed by atoms with Crippen molar-refractivity contribution in [3.05, 3.63) is 12.2 Å². The average molecular weight is 166 g/mol. The zero-order valence-electron chi connectivity index (χ0n) is 7.11. The van der Waals surface area contributed by atoms with Crippen molar-refractivity contribution in [1.82, 2.24) is 0 Å². The topological polar surface area (TPSA) is 21.8 Å². The molecule has 1 saturated heterocycles. The molecule has 12 heavy (non-hydrogen) atoms. The molecule has 66 valence electrons. The predicted molar refractivity (Wildman–Crippen MR) is 44.5 cm³/mol. The molecule has 0 N–H and O–H groups in total. The number of allylic oxidation sites excluding steroid dienone is 2. The molecule has 2 nitrogen and oxygen atoms in total. The summed E-state index contributed by atoms with van der Waals surface area (Å²) in [6.07, 6.45) is 7.60. The van der Waals surface area contributed by atoms with Crippen molar-refractivity contribution in [2.75, 3.05) is 13.2 Å². The third kappa shape index (κ3) is 1.19. The van der Waals surface area contributed by atoms with Crippen LogP contribution in [0.5, 0.6) is 0 Å². The molecule has 4 unspecified atom stereocenters. The molecule has 1 heterocycles. The van der Waals surface area contributed by atoms with Crippen LogP contribution in [-0.4, -0.2) is 19.5 Å². The summed E-state index contributed by atoms with van der Waals surface area (Å²) in [4.78, 5) is 0. The lowest BCUT2D eigenvalue weighted by Crippen LogP contribution is -2.15. The molecule has 0 amide bonds. The number of ether oxygens (including phenoxy) is 2. The third-order valence-corrected chi connectivity index (χ3v) is 3.22. The van der Waals surface area contributed by atoms with Crippen LogP contribution >= 0.6 is 0 Å². The van der Waals surface area contributed by atoms with Crippen molar-refractivity contribution < 1.29 is 9.47 Å². The molecule has 0 spiro atoms. The highest BCUT2D eigenvalue weighted by Gasteiger charge is 2.36. The molecule has 0 radical (unpaired) electrons. The largest absolute Gasteiger partial charge is 0.350 e. The molecule has 1 saturated carbocycles. The van der Waals surface area contributed by atoms with Gasteiger partial charge in [0.2, 0.25) is 0 Å². The van der Waals surface area contributed by atoms with E-state index in [1.54, 1.807) is 0 Å². The first-order chi connectivity index (χ1) is 5.92. The van der Waals surface area contributed by atoms with Crippen LogP contribution in [0.3, 0.4) is 0 Å². The molecular formula is C10H14O2. The van der Waals surface area contributed by atoms with Gasteiger partial charge in [-0.05, 0) is 30.6 Å². The molecule has 0 aromatic heterocycles. The molecule has 0 aromatic rings. The molecule has 2 bridgehead atoms. The van der Waals surface area contributed by atoms with E-state index in [1.807, 2.05) is 0 Å². The highest BCUT2D eigenvalue weighted by Crippen LogP contribution is 2.43. The molecule has 3 rings (SSSR count). The Bertz CT molecular complexity index is 208. The maximum Gasteiger partial charge on any atom is 0.181 e. The lowest BCUT2D eigenvalue weighted by Gasteiger charge is -2.16. The van der Waals surface area contributed by atoms with Gasteiger partial charge in [0, 0.05) is 0 Å². The second-order valence-corrected chi connectivity index (χ2v) is 4.14. The highest BCUT2D eigenvalue weighted by molar-refractivity contribution is 5.09. The van der Waals surface area contributed by atoms with Gasteiger partial charge >= 0.3 is 0 Å². The van der Waals surface area contributed by atoms with Gasteiger partial charge in [-0.2, -0.15) is 0 Å². The van der Waals surface area contributed by atoms with Crippen LogP contribution in [0, 0.1) is 17.8 Å². The maximum atomic E-state index is 5.53. The summed E-state index contributed by atoms with van der Waals surface area (Å²) >= 11 is 0. The van der Waals surface area contributed by atoms with Gasteiger partial charge < -0.3 is 9.47 Å². The summed E-state index contributed by atoms with van der Waals surface area (Å²) in [5, 5.41) is 0. The Morgan fingerprint density at radius 1 is 1.33 bits per heavy atom. The molecular weight excluding hydrogens is 152 g/mol. The summed E-state index contributed by atoms with van der Waals surface area (Å²) in [6, 6.07) is 0. The van der Waals surface area contributed by atoms with E-state index in [0.717, 1.165) is 31.0 Å². The van der Waals surface area contributed by atoms with E-state index in [1.165, 1.54) is 12.8 Å². The van der Waals surface area contributed by atoms with Crippen molar-refractivity contribution in [1.29, 1.82) is 0 Å². The number of fused-ring (bicyclic) bond motifs is 2. The van der Waals surface area contributed by atoms with E-state index >= 15 is 0 Å². The Labute approximate surface area is 72.5 Å². The standard InChI is InChI=1S/C10H14O2/c1-2-8-3-7(1)4-9(8)5-11-10-6-12-10/h1-2,7-10H,3-6H2. The Balaban J connectivity index is 1.53. The minimum absolute atomic E-state index is 0.146. The van der Waals surface area contributed by atoms with E-state index in [-0.39, 0.29) is 6.29 Å². The third-order valence-electron chi connectivity index (χ3n) is 3.22. The lowest BCUT2D eigenvalue weighted by molar-refractivity contribution is 0.0227. The van der Waals surface area contributed by atoms with Crippen molar-refractivity contribution in [2.45, 2.75) is 19.1 Å². The summed E-state index contributed by atoms with van der Waals surface area (Å²) in [6.45, 7) is 1.73. The number of hydrogen-bond donors (Lipinski definition) is 0. The smallest absolute Gasteiger partial charge is 0.181 e. The van der Waals surface area contributed by atoms with Gasteiger partial charge in [0.1, 0.15) is 6.61 Å². The molecule has 4 atom stereocenters. The fourth-order valence-corrected chi connectivity index (χ4v) is 2.45. The molecule has 2 heteroatoms. The maximum absolute atomic E-state index is 5.53. The molecule has 0 aromatic carbocycles. The first-order valence-corrected chi connectivity index (χ1v) is 4.83. The molecule has 2 aliphatic carbocycles. The van der Waals surface area contributed by atoms with E-state index in [4.69, 9.17) is 9.47 Å². The first kappa shape index (κ1) is 7.10. The fraction of sp³-hybridized carbons (Fsp3) is 0.800. The van der Waals surface area contributed by atoms with Crippen LogP contribution in [0.1, 0.15) is 12.8 Å². The van der Waals surface area contributed by atoms with E-state index in [9.17, 15) is 0 Å². The molecule has 3 aliphatic rings. The SMILES string of the molecule is C1=CC2CC1CC2COC1CO1. The van der Waals surface area contributed by atoms with E-state index < -0.39 is 0 Å². The van der Waals surface area contributed by atoms with E-state index in [0.29, 0.717) is 0 Å². The number of hydrogen-bond acceptors (Lipinski definition) is 2. The Kier molecular flexibility index (Phi) is 1.52. The Hall–Kier alpha value is -0.340. The van der Waals surface area contributed by atoms with Crippen molar-refractivity contribution in [2.24, 2.45) is 17.8 Å². The van der Waals surface area contributed by atoms with Gasteiger partial charge in [-0.25, -0.2) is 0 Å². The monoisotopic (exact) mass is 166 g/mol. The normalized spacial score (nSPS) is 48.7.